The Morgan fingerprint density at radius 1 is 1.11 bits per heavy atom. The second-order valence-electron chi connectivity index (χ2n) is 3.91. The molecule has 0 aliphatic carbocycles. The lowest BCUT2D eigenvalue weighted by molar-refractivity contribution is 0.0601. The van der Waals surface area contributed by atoms with E-state index in [9.17, 15) is 4.79 Å². The predicted molar refractivity (Wildman–Crippen MR) is 69.1 cm³/mol. The number of hydrogen-bond donors (Lipinski definition) is 1. The van der Waals surface area contributed by atoms with Gasteiger partial charge in [0.05, 0.1) is 19.8 Å². The van der Waals surface area contributed by atoms with Crippen LogP contribution in [0.25, 0.3) is 10.8 Å². The van der Waals surface area contributed by atoms with Gasteiger partial charge in [-0.1, -0.05) is 18.2 Å². The van der Waals surface area contributed by atoms with E-state index < -0.39 is 0 Å². The Balaban J connectivity index is 2.33. The molecule has 0 unspecified atom stereocenters. The van der Waals surface area contributed by atoms with Crippen molar-refractivity contribution in [2.75, 3.05) is 14.2 Å². The summed E-state index contributed by atoms with van der Waals surface area (Å²) in [6.45, 7) is 0.644. The fourth-order valence-electron chi connectivity index (χ4n) is 1.81. The van der Waals surface area contributed by atoms with Gasteiger partial charge in [0.1, 0.15) is 0 Å². The summed E-state index contributed by atoms with van der Waals surface area (Å²) in [6.07, 6.45) is 0. The zero-order valence-electron chi connectivity index (χ0n) is 10.4. The lowest BCUT2D eigenvalue weighted by Gasteiger charge is -2.05. The van der Waals surface area contributed by atoms with Crippen LogP contribution < -0.4 is 5.48 Å². The van der Waals surface area contributed by atoms with Gasteiger partial charge in [-0.3, -0.25) is 0 Å². The van der Waals surface area contributed by atoms with Crippen molar-refractivity contribution in [2.45, 2.75) is 6.54 Å². The molecule has 4 heteroatoms. The summed E-state index contributed by atoms with van der Waals surface area (Å²) in [7, 11) is 2.97. The maximum Gasteiger partial charge on any atom is 0.337 e. The number of hydroxylamine groups is 1. The van der Waals surface area contributed by atoms with Crippen molar-refractivity contribution in [1.29, 1.82) is 0 Å². The van der Waals surface area contributed by atoms with E-state index in [0.717, 1.165) is 16.3 Å². The first kappa shape index (κ1) is 12.5. The molecule has 0 fully saturated rings. The highest BCUT2D eigenvalue weighted by molar-refractivity contribution is 5.95. The van der Waals surface area contributed by atoms with Crippen LogP contribution in [-0.2, 0) is 16.1 Å². The molecule has 2 aromatic carbocycles. The van der Waals surface area contributed by atoms with Crippen molar-refractivity contribution in [2.24, 2.45) is 0 Å². The van der Waals surface area contributed by atoms with Gasteiger partial charge in [-0.2, -0.15) is 5.48 Å². The molecule has 0 bridgehead atoms. The van der Waals surface area contributed by atoms with E-state index in [1.54, 1.807) is 13.2 Å². The normalized spacial score (nSPS) is 10.6. The molecule has 0 aliphatic rings. The van der Waals surface area contributed by atoms with E-state index in [1.165, 1.54) is 7.11 Å². The largest absolute Gasteiger partial charge is 0.465 e. The Kier molecular flexibility index (Phi) is 3.92. The van der Waals surface area contributed by atoms with Gasteiger partial charge >= 0.3 is 5.97 Å². The minimum atomic E-state index is -0.318. The molecule has 2 aromatic rings. The number of fused-ring (bicyclic) bond motifs is 1. The summed E-state index contributed by atoms with van der Waals surface area (Å²) in [5.41, 5.74) is 4.48. The summed E-state index contributed by atoms with van der Waals surface area (Å²) in [5.74, 6) is -0.318. The van der Waals surface area contributed by atoms with Gasteiger partial charge in [0, 0.05) is 6.54 Å². The molecule has 0 radical (unpaired) electrons. The molecule has 94 valence electrons. The minimum absolute atomic E-state index is 0.318. The van der Waals surface area contributed by atoms with Crippen molar-refractivity contribution in [3.05, 3.63) is 47.5 Å². The van der Waals surface area contributed by atoms with Gasteiger partial charge in [0.25, 0.3) is 0 Å². The van der Waals surface area contributed by atoms with Crippen LogP contribution in [-0.4, -0.2) is 20.2 Å². The lowest BCUT2D eigenvalue weighted by atomic mass is 10.0. The molecule has 1 N–H and O–H groups in total. The third-order valence-electron chi connectivity index (χ3n) is 2.75. The molecule has 2 rings (SSSR count). The van der Waals surface area contributed by atoms with Crippen molar-refractivity contribution in [1.82, 2.24) is 5.48 Å². The van der Waals surface area contributed by atoms with Gasteiger partial charge in [0.15, 0.2) is 0 Å². The zero-order chi connectivity index (χ0) is 13.0. The lowest BCUT2D eigenvalue weighted by Crippen LogP contribution is -2.10. The number of ether oxygens (including phenoxy) is 1. The maximum absolute atomic E-state index is 11.4. The molecular formula is C14H15NO3. The SMILES string of the molecule is CONCc1ccc2cc(C(=O)OC)ccc2c1. The quantitative estimate of drug-likeness (QED) is 0.663. The zero-order valence-corrected chi connectivity index (χ0v) is 10.4. The fraction of sp³-hybridized carbons (Fsp3) is 0.214. The minimum Gasteiger partial charge on any atom is -0.465 e. The summed E-state index contributed by atoms with van der Waals surface area (Å²) < 4.78 is 4.70. The molecule has 0 amide bonds. The highest BCUT2D eigenvalue weighted by Gasteiger charge is 2.06. The molecule has 0 saturated heterocycles. The van der Waals surface area contributed by atoms with E-state index >= 15 is 0 Å². The Labute approximate surface area is 105 Å². The van der Waals surface area contributed by atoms with Crippen LogP contribution >= 0.6 is 0 Å². The van der Waals surface area contributed by atoms with Crippen LogP contribution in [0.2, 0.25) is 0 Å². The number of rotatable bonds is 4. The highest BCUT2D eigenvalue weighted by atomic mass is 16.6. The standard InChI is InChI=1S/C14H15NO3/c1-17-14(16)13-6-5-11-7-10(9-15-18-2)3-4-12(11)8-13/h3-8,15H,9H2,1-2H3. The van der Waals surface area contributed by atoms with Gasteiger partial charge in [-0.25, -0.2) is 4.79 Å². The number of benzene rings is 2. The number of nitrogens with one attached hydrogen (secondary N) is 1. The molecule has 0 spiro atoms. The fourth-order valence-corrected chi connectivity index (χ4v) is 1.81. The van der Waals surface area contributed by atoms with Gasteiger partial charge in [0.2, 0.25) is 0 Å². The van der Waals surface area contributed by atoms with Crippen molar-refractivity contribution in [3.8, 4) is 0 Å². The average molecular weight is 245 g/mol. The summed E-state index contributed by atoms with van der Waals surface area (Å²) in [6, 6.07) is 11.5. The first-order valence-corrected chi connectivity index (χ1v) is 5.61. The first-order chi connectivity index (χ1) is 8.74. The Hall–Kier alpha value is -1.91. The van der Waals surface area contributed by atoms with Crippen molar-refractivity contribution in [3.63, 3.8) is 0 Å². The first-order valence-electron chi connectivity index (χ1n) is 5.61. The third kappa shape index (κ3) is 2.67. The van der Waals surface area contributed by atoms with E-state index in [4.69, 9.17) is 9.57 Å². The van der Waals surface area contributed by atoms with E-state index in [2.05, 4.69) is 11.5 Å². The van der Waals surface area contributed by atoms with E-state index in [0.29, 0.717) is 12.1 Å². The van der Waals surface area contributed by atoms with E-state index in [1.807, 2.05) is 24.3 Å². The molecule has 18 heavy (non-hydrogen) atoms. The highest BCUT2D eigenvalue weighted by Crippen LogP contribution is 2.18. The molecule has 4 nitrogen and oxygen atoms in total. The van der Waals surface area contributed by atoms with E-state index in [-0.39, 0.29) is 5.97 Å². The van der Waals surface area contributed by atoms with Crippen LogP contribution in [0.4, 0.5) is 0 Å². The van der Waals surface area contributed by atoms with Crippen LogP contribution in [0.15, 0.2) is 36.4 Å². The molecule has 0 heterocycles. The molecule has 0 aromatic heterocycles. The summed E-state index contributed by atoms with van der Waals surface area (Å²) in [4.78, 5) is 16.2. The monoisotopic (exact) mass is 245 g/mol. The van der Waals surface area contributed by atoms with Crippen LogP contribution in [0.1, 0.15) is 15.9 Å². The van der Waals surface area contributed by atoms with Crippen LogP contribution in [0, 0.1) is 0 Å². The Bertz CT molecular complexity index is 566. The Morgan fingerprint density at radius 3 is 2.56 bits per heavy atom. The average Bonchev–Trinajstić information content (AvgIpc) is 2.43. The molecule has 0 saturated carbocycles. The van der Waals surface area contributed by atoms with Crippen LogP contribution in [0.5, 0.6) is 0 Å². The van der Waals surface area contributed by atoms with Crippen molar-refractivity contribution < 1.29 is 14.4 Å². The number of methoxy groups -OCH3 is 1. The topological polar surface area (TPSA) is 47.6 Å². The maximum atomic E-state index is 11.4. The smallest absolute Gasteiger partial charge is 0.337 e. The number of carbonyl (C=O) groups is 1. The summed E-state index contributed by atoms with van der Waals surface area (Å²) in [5, 5.41) is 2.09. The van der Waals surface area contributed by atoms with Gasteiger partial charge in [-0.05, 0) is 34.5 Å². The van der Waals surface area contributed by atoms with Gasteiger partial charge in [-0.15, -0.1) is 0 Å². The van der Waals surface area contributed by atoms with Crippen LogP contribution in [0.3, 0.4) is 0 Å². The number of esters is 1. The Morgan fingerprint density at radius 2 is 1.83 bits per heavy atom. The predicted octanol–water partition coefficient (Wildman–Crippen LogP) is 2.28. The second kappa shape index (κ2) is 5.62. The molecular weight excluding hydrogens is 230 g/mol. The second-order valence-corrected chi connectivity index (χ2v) is 3.91. The van der Waals surface area contributed by atoms with Crippen molar-refractivity contribution >= 4 is 16.7 Å². The van der Waals surface area contributed by atoms with Gasteiger partial charge < -0.3 is 9.57 Å². The summed E-state index contributed by atoms with van der Waals surface area (Å²) >= 11 is 0. The molecule has 0 atom stereocenters. The number of hydrogen-bond acceptors (Lipinski definition) is 4. The molecule has 0 aliphatic heterocycles. The number of carbonyl (C=O) groups excluding carboxylic acids is 1. The third-order valence-corrected chi connectivity index (χ3v) is 2.75.